The number of rotatable bonds is 5. The van der Waals surface area contributed by atoms with Gasteiger partial charge in [0.2, 0.25) is 10.0 Å². The zero-order valence-corrected chi connectivity index (χ0v) is 11.0. The van der Waals surface area contributed by atoms with E-state index < -0.39 is 10.0 Å². The molecule has 1 fully saturated rings. The van der Waals surface area contributed by atoms with E-state index in [1.807, 2.05) is 10.7 Å². The van der Waals surface area contributed by atoms with E-state index in [4.69, 9.17) is 0 Å². The first-order chi connectivity index (χ1) is 8.67. The standard InChI is InChI=1S/C11H18N4O2S/c16-18(17,11-1-2-11)14-6-4-10-8-12-7-9-3-5-13-15(9)10/h3,5,10-12,14H,1-2,4,6-8H2. The topological polar surface area (TPSA) is 76.0 Å². The summed E-state index contributed by atoms with van der Waals surface area (Å²) in [6.07, 6.45) is 4.19. The molecule has 0 radical (unpaired) electrons. The summed E-state index contributed by atoms with van der Waals surface area (Å²) >= 11 is 0. The van der Waals surface area contributed by atoms with Crippen molar-refractivity contribution in [2.45, 2.75) is 37.1 Å². The molecule has 3 rings (SSSR count). The lowest BCUT2D eigenvalue weighted by Gasteiger charge is -2.25. The highest BCUT2D eigenvalue weighted by Gasteiger charge is 2.35. The van der Waals surface area contributed by atoms with Crippen LogP contribution in [0.1, 0.15) is 31.0 Å². The second-order valence-electron chi connectivity index (χ2n) is 4.98. The van der Waals surface area contributed by atoms with Gasteiger partial charge in [0.15, 0.2) is 0 Å². The highest BCUT2D eigenvalue weighted by atomic mass is 32.2. The molecule has 1 unspecified atom stereocenters. The van der Waals surface area contributed by atoms with Gasteiger partial charge in [0.25, 0.3) is 0 Å². The van der Waals surface area contributed by atoms with Crippen LogP contribution < -0.4 is 10.0 Å². The summed E-state index contributed by atoms with van der Waals surface area (Å²) in [5, 5.41) is 7.49. The summed E-state index contributed by atoms with van der Waals surface area (Å²) in [6, 6.07) is 2.23. The van der Waals surface area contributed by atoms with Crippen molar-refractivity contribution in [3.63, 3.8) is 0 Å². The van der Waals surface area contributed by atoms with Gasteiger partial charge in [-0.05, 0) is 25.3 Å². The molecular weight excluding hydrogens is 252 g/mol. The summed E-state index contributed by atoms with van der Waals surface area (Å²) in [5.41, 5.74) is 1.16. The summed E-state index contributed by atoms with van der Waals surface area (Å²) in [6.45, 7) is 2.18. The van der Waals surface area contributed by atoms with Crippen LogP contribution in [0.3, 0.4) is 0 Å². The van der Waals surface area contributed by atoms with Gasteiger partial charge in [-0.1, -0.05) is 0 Å². The number of nitrogens with zero attached hydrogens (tertiary/aromatic N) is 2. The number of aromatic nitrogens is 2. The molecule has 0 saturated heterocycles. The fourth-order valence-electron chi connectivity index (χ4n) is 2.35. The molecule has 0 amide bonds. The summed E-state index contributed by atoms with van der Waals surface area (Å²) in [7, 11) is -3.05. The van der Waals surface area contributed by atoms with Crippen molar-refractivity contribution in [2.24, 2.45) is 0 Å². The highest BCUT2D eigenvalue weighted by Crippen LogP contribution is 2.27. The van der Waals surface area contributed by atoms with E-state index in [-0.39, 0.29) is 11.3 Å². The molecule has 7 heteroatoms. The molecule has 18 heavy (non-hydrogen) atoms. The predicted octanol–water partition coefficient (Wildman–Crippen LogP) is -0.000700. The van der Waals surface area contributed by atoms with E-state index in [2.05, 4.69) is 15.1 Å². The number of fused-ring (bicyclic) bond motifs is 1. The zero-order chi connectivity index (χ0) is 12.6. The van der Waals surface area contributed by atoms with Crippen molar-refractivity contribution in [3.05, 3.63) is 18.0 Å². The molecule has 100 valence electrons. The van der Waals surface area contributed by atoms with Crippen molar-refractivity contribution >= 4 is 10.0 Å². The lowest BCUT2D eigenvalue weighted by atomic mass is 10.1. The lowest BCUT2D eigenvalue weighted by Crippen LogP contribution is -2.36. The predicted molar refractivity (Wildman–Crippen MR) is 67.5 cm³/mol. The van der Waals surface area contributed by atoms with E-state index in [9.17, 15) is 8.42 Å². The molecule has 2 aliphatic rings. The molecule has 6 nitrogen and oxygen atoms in total. The third-order valence-electron chi connectivity index (χ3n) is 3.53. The van der Waals surface area contributed by atoms with Gasteiger partial charge in [-0.15, -0.1) is 0 Å². The van der Waals surface area contributed by atoms with Crippen molar-refractivity contribution in [2.75, 3.05) is 13.1 Å². The molecule has 1 aliphatic carbocycles. The van der Waals surface area contributed by atoms with Gasteiger partial charge < -0.3 is 5.32 Å². The fraction of sp³-hybridized carbons (Fsp3) is 0.727. The van der Waals surface area contributed by atoms with Crippen LogP contribution in [0.25, 0.3) is 0 Å². The Morgan fingerprint density at radius 2 is 2.33 bits per heavy atom. The first-order valence-electron chi connectivity index (χ1n) is 6.38. The monoisotopic (exact) mass is 270 g/mol. The van der Waals surface area contributed by atoms with Gasteiger partial charge in [0.05, 0.1) is 17.0 Å². The molecule has 2 heterocycles. The van der Waals surface area contributed by atoms with Gasteiger partial charge in [-0.2, -0.15) is 5.10 Å². The Kier molecular flexibility index (Phi) is 3.13. The molecule has 1 atom stereocenters. The maximum atomic E-state index is 11.7. The lowest BCUT2D eigenvalue weighted by molar-refractivity contribution is 0.349. The Labute approximate surface area is 107 Å². The van der Waals surface area contributed by atoms with Gasteiger partial charge in [0.1, 0.15) is 0 Å². The zero-order valence-electron chi connectivity index (χ0n) is 10.2. The van der Waals surface area contributed by atoms with E-state index in [0.29, 0.717) is 6.54 Å². The summed E-state index contributed by atoms with van der Waals surface area (Å²) in [5.74, 6) is 0. The van der Waals surface area contributed by atoms with Crippen LogP contribution in [0.2, 0.25) is 0 Å². The van der Waals surface area contributed by atoms with Crippen LogP contribution in [0.4, 0.5) is 0 Å². The minimum atomic E-state index is -3.05. The highest BCUT2D eigenvalue weighted by molar-refractivity contribution is 7.90. The molecule has 0 aromatic carbocycles. The van der Waals surface area contributed by atoms with Crippen LogP contribution in [0, 0.1) is 0 Å². The number of nitrogens with one attached hydrogen (secondary N) is 2. The largest absolute Gasteiger partial charge is 0.309 e. The van der Waals surface area contributed by atoms with E-state index >= 15 is 0 Å². The van der Waals surface area contributed by atoms with Crippen molar-refractivity contribution in [1.82, 2.24) is 19.8 Å². The van der Waals surface area contributed by atoms with E-state index in [0.717, 1.165) is 38.0 Å². The van der Waals surface area contributed by atoms with Crippen LogP contribution in [-0.4, -0.2) is 36.5 Å². The minimum Gasteiger partial charge on any atom is -0.309 e. The smallest absolute Gasteiger partial charge is 0.214 e. The average Bonchev–Trinajstić information content (AvgIpc) is 3.09. The number of hydrogen-bond acceptors (Lipinski definition) is 4. The van der Waals surface area contributed by atoms with Crippen LogP contribution >= 0.6 is 0 Å². The Hall–Kier alpha value is -0.920. The van der Waals surface area contributed by atoms with Crippen molar-refractivity contribution < 1.29 is 8.42 Å². The van der Waals surface area contributed by atoms with Crippen molar-refractivity contribution in [3.8, 4) is 0 Å². The minimum absolute atomic E-state index is 0.137. The Morgan fingerprint density at radius 1 is 1.50 bits per heavy atom. The van der Waals surface area contributed by atoms with Gasteiger partial charge in [-0.25, -0.2) is 13.1 Å². The molecule has 1 saturated carbocycles. The maximum absolute atomic E-state index is 11.7. The molecule has 2 N–H and O–H groups in total. The van der Waals surface area contributed by atoms with Gasteiger partial charge in [0, 0.05) is 25.8 Å². The maximum Gasteiger partial charge on any atom is 0.214 e. The molecule has 1 aromatic rings. The quantitative estimate of drug-likeness (QED) is 0.789. The molecule has 0 spiro atoms. The number of sulfonamides is 1. The third-order valence-corrected chi connectivity index (χ3v) is 5.48. The fourth-order valence-corrected chi connectivity index (χ4v) is 3.75. The Bertz CT molecular complexity index is 521. The SMILES string of the molecule is O=S(=O)(NCCC1CNCc2ccnn21)C1CC1. The second kappa shape index (κ2) is 4.64. The first kappa shape index (κ1) is 12.1. The molecule has 0 bridgehead atoms. The summed E-state index contributed by atoms with van der Waals surface area (Å²) < 4.78 is 28.1. The Balaban J connectivity index is 1.55. The van der Waals surface area contributed by atoms with Crippen molar-refractivity contribution in [1.29, 1.82) is 0 Å². The molecule has 1 aliphatic heterocycles. The summed E-state index contributed by atoms with van der Waals surface area (Å²) in [4.78, 5) is 0. The van der Waals surface area contributed by atoms with Gasteiger partial charge in [-0.3, -0.25) is 4.68 Å². The Morgan fingerprint density at radius 3 is 3.11 bits per heavy atom. The van der Waals surface area contributed by atoms with Crippen LogP contribution in [-0.2, 0) is 16.6 Å². The van der Waals surface area contributed by atoms with Crippen LogP contribution in [0.15, 0.2) is 12.3 Å². The molecule has 1 aromatic heterocycles. The number of hydrogen-bond donors (Lipinski definition) is 2. The first-order valence-corrected chi connectivity index (χ1v) is 7.93. The van der Waals surface area contributed by atoms with Gasteiger partial charge >= 0.3 is 0 Å². The molecular formula is C11H18N4O2S. The second-order valence-corrected chi connectivity index (χ2v) is 7.02. The van der Waals surface area contributed by atoms with E-state index in [1.54, 1.807) is 6.20 Å². The third kappa shape index (κ3) is 2.43. The normalized spacial score (nSPS) is 23.9. The van der Waals surface area contributed by atoms with E-state index in [1.165, 1.54) is 0 Å². The average molecular weight is 270 g/mol. The van der Waals surface area contributed by atoms with Crippen LogP contribution in [0.5, 0.6) is 0 Å².